The van der Waals surface area contributed by atoms with Crippen molar-refractivity contribution in [3.05, 3.63) is 100 Å². The van der Waals surface area contributed by atoms with E-state index in [2.05, 4.69) is 59.2 Å². The van der Waals surface area contributed by atoms with Crippen molar-refractivity contribution in [3.8, 4) is 11.1 Å². The lowest BCUT2D eigenvalue weighted by Gasteiger charge is -2.27. The second-order valence-corrected chi connectivity index (χ2v) is 11.7. The van der Waals surface area contributed by atoms with Gasteiger partial charge in [0, 0.05) is 41.0 Å². The molecule has 1 amide bonds. The first-order chi connectivity index (χ1) is 19.9. The summed E-state index contributed by atoms with van der Waals surface area (Å²) in [6.07, 6.45) is 8.62. The fourth-order valence-corrected chi connectivity index (χ4v) is 5.98. The lowest BCUT2D eigenvalue weighted by Crippen LogP contribution is -2.32. The molecule has 0 bridgehead atoms. The Morgan fingerprint density at radius 3 is 2.46 bits per heavy atom. The van der Waals surface area contributed by atoms with Gasteiger partial charge in [-0.3, -0.25) is 19.9 Å². The fraction of sp³-hybridized carbons (Fsp3) is 0.333. The van der Waals surface area contributed by atoms with Crippen LogP contribution in [0.1, 0.15) is 56.6 Å². The summed E-state index contributed by atoms with van der Waals surface area (Å²) >= 11 is 1.62. The van der Waals surface area contributed by atoms with E-state index in [0.29, 0.717) is 17.2 Å². The Morgan fingerprint density at radius 2 is 1.78 bits per heavy atom. The summed E-state index contributed by atoms with van der Waals surface area (Å²) < 4.78 is 0. The molecule has 4 aromatic rings. The molecule has 2 heterocycles. The Balaban J connectivity index is 0.000000231. The number of hydrogen-bond donors (Lipinski definition) is 1. The molecule has 0 fully saturated rings. The van der Waals surface area contributed by atoms with Gasteiger partial charge in [0.2, 0.25) is 0 Å². The number of benzene rings is 2. The Hall–Kier alpha value is -3.72. The van der Waals surface area contributed by atoms with Crippen molar-refractivity contribution < 1.29 is 9.59 Å². The minimum absolute atomic E-state index is 0.0785. The number of carbonyl (C=O) groups excluding carboxylic acids is 2. The van der Waals surface area contributed by atoms with Gasteiger partial charge in [-0.1, -0.05) is 43.3 Å². The van der Waals surface area contributed by atoms with Crippen LogP contribution in [0, 0.1) is 0 Å². The molecule has 7 nitrogen and oxygen atoms in total. The minimum atomic E-state index is -0.0785. The fourth-order valence-electron chi connectivity index (χ4n) is 4.90. The topological polar surface area (TPSA) is 78.4 Å². The van der Waals surface area contributed by atoms with E-state index in [4.69, 9.17) is 0 Å². The van der Waals surface area contributed by atoms with Crippen LogP contribution in [0.15, 0.2) is 73.1 Å². The van der Waals surface area contributed by atoms with Gasteiger partial charge in [0.25, 0.3) is 5.91 Å². The van der Waals surface area contributed by atoms with Crippen LogP contribution in [-0.2, 0) is 19.4 Å². The standard InChI is InChI=1S/C21H30N4OS.C12H9NO/c1-5-11-25(4)14-15-7-6-8-16(12-15)20(26)23-21-22-18-10-9-17(24(2)3)13-19(18)27-21;14-9-10-1-3-11(4-2-10)12-5-7-13-8-6-12/h6-8,12,17H,5,9-11,13-14H2,1-4H3,(H,22,23,26);1-9H. The number of pyridine rings is 1. The molecule has 0 aliphatic heterocycles. The normalized spacial score (nSPS) is 14.2. The largest absolute Gasteiger partial charge is 0.306 e. The number of rotatable bonds is 9. The van der Waals surface area contributed by atoms with Gasteiger partial charge >= 0.3 is 0 Å². The van der Waals surface area contributed by atoms with E-state index < -0.39 is 0 Å². The minimum Gasteiger partial charge on any atom is -0.306 e. The van der Waals surface area contributed by atoms with Gasteiger partial charge in [-0.15, -0.1) is 11.3 Å². The predicted octanol–water partition coefficient (Wildman–Crippen LogP) is 6.22. The number of thiazole rings is 1. The molecule has 1 N–H and O–H groups in total. The molecule has 1 unspecified atom stereocenters. The average molecular weight is 570 g/mol. The zero-order valence-electron chi connectivity index (χ0n) is 24.3. The molecule has 0 saturated carbocycles. The van der Waals surface area contributed by atoms with Crippen LogP contribution in [0.4, 0.5) is 5.13 Å². The molecular formula is C33H39N5O2S. The van der Waals surface area contributed by atoms with Crippen molar-refractivity contribution in [3.63, 3.8) is 0 Å². The smallest absolute Gasteiger partial charge is 0.257 e. The van der Waals surface area contributed by atoms with E-state index >= 15 is 0 Å². The maximum absolute atomic E-state index is 12.7. The average Bonchev–Trinajstić information content (AvgIpc) is 3.40. The molecule has 0 saturated heterocycles. The summed E-state index contributed by atoms with van der Waals surface area (Å²) in [4.78, 5) is 37.6. The Kier molecular flexibility index (Phi) is 10.9. The van der Waals surface area contributed by atoms with Gasteiger partial charge in [0.05, 0.1) is 5.69 Å². The molecular weight excluding hydrogens is 530 g/mol. The van der Waals surface area contributed by atoms with Crippen molar-refractivity contribution in [1.82, 2.24) is 19.8 Å². The Morgan fingerprint density at radius 1 is 1.05 bits per heavy atom. The number of aryl methyl sites for hydroxylation is 1. The number of nitrogens with zero attached hydrogens (tertiary/aromatic N) is 4. The molecule has 0 radical (unpaired) electrons. The zero-order chi connectivity index (χ0) is 29.2. The Labute approximate surface area is 247 Å². The Bertz CT molecular complexity index is 1420. The first-order valence-electron chi connectivity index (χ1n) is 14.1. The highest BCUT2D eigenvalue weighted by Gasteiger charge is 2.24. The van der Waals surface area contributed by atoms with E-state index in [1.54, 1.807) is 23.7 Å². The van der Waals surface area contributed by atoms with E-state index in [1.165, 1.54) is 4.88 Å². The van der Waals surface area contributed by atoms with Crippen molar-refractivity contribution in [2.45, 2.75) is 45.2 Å². The van der Waals surface area contributed by atoms with Crippen LogP contribution in [0.2, 0.25) is 0 Å². The molecule has 41 heavy (non-hydrogen) atoms. The zero-order valence-corrected chi connectivity index (χ0v) is 25.2. The highest BCUT2D eigenvalue weighted by molar-refractivity contribution is 7.15. The monoisotopic (exact) mass is 569 g/mol. The molecule has 1 aliphatic rings. The van der Waals surface area contributed by atoms with Crippen molar-refractivity contribution in [2.75, 3.05) is 33.0 Å². The first-order valence-corrected chi connectivity index (χ1v) is 14.9. The summed E-state index contributed by atoms with van der Waals surface area (Å²) in [7, 11) is 6.37. The van der Waals surface area contributed by atoms with Crippen LogP contribution >= 0.6 is 11.3 Å². The molecule has 2 aromatic carbocycles. The molecule has 2 aromatic heterocycles. The number of anilines is 1. The van der Waals surface area contributed by atoms with E-state index in [0.717, 1.165) is 72.6 Å². The van der Waals surface area contributed by atoms with Crippen molar-refractivity contribution in [2.24, 2.45) is 0 Å². The van der Waals surface area contributed by atoms with E-state index in [9.17, 15) is 9.59 Å². The number of carbonyl (C=O) groups is 2. The molecule has 8 heteroatoms. The van der Waals surface area contributed by atoms with Crippen LogP contribution in [0.5, 0.6) is 0 Å². The number of hydrogen-bond acceptors (Lipinski definition) is 7. The van der Waals surface area contributed by atoms with Crippen LogP contribution in [0.25, 0.3) is 11.1 Å². The van der Waals surface area contributed by atoms with E-state index in [1.807, 2.05) is 54.6 Å². The summed E-state index contributed by atoms with van der Waals surface area (Å²) in [6, 6.07) is 19.8. The number of aromatic nitrogens is 2. The highest BCUT2D eigenvalue weighted by Crippen LogP contribution is 2.31. The summed E-state index contributed by atoms with van der Waals surface area (Å²) in [6.45, 7) is 4.08. The molecule has 0 spiro atoms. The maximum Gasteiger partial charge on any atom is 0.257 e. The lowest BCUT2D eigenvalue weighted by molar-refractivity contribution is 0.102. The quantitative estimate of drug-likeness (QED) is 0.241. The summed E-state index contributed by atoms with van der Waals surface area (Å²) in [5.74, 6) is -0.0785. The van der Waals surface area contributed by atoms with Gasteiger partial charge < -0.3 is 9.80 Å². The third-order valence-electron chi connectivity index (χ3n) is 7.17. The number of likely N-dealkylation sites (N-methyl/N-ethyl adjacent to an activating group) is 1. The SMILES string of the molecule is CCCN(C)Cc1cccc(C(=O)Nc2nc3c(s2)CC(N(C)C)CC3)c1.O=Cc1ccc(-c2ccncc2)cc1. The number of amides is 1. The number of nitrogens with one attached hydrogen (secondary N) is 1. The van der Waals surface area contributed by atoms with Crippen molar-refractivity contribution in [1.29, 1.82) is 0 Å². The van der Waals surface area contributed by atoms with Gasteiger partial charge in [0.1, 0.15) is 6.29 Å². The second kappa shape index (κ2) is 14.8. The van der Waals surface area contributed by atoms with Crippen LogP contribution in [0.3, 0.4) is 0 Å². The van der Waals surface area contributed by atoms with E-state index in [-0.39, 0.29) is 5.91 Å². The maximum atomic E-state index is 12.7. The third kappa shape index (κ3) is 8.63. The molecule has 1 aliphatic carbocycles. The van der Waals surface area contributed by atoms with Gasteiger partial charge in [0.15, 0.2) is 5.13 Å². The molecule has 1 atom stereocenters. The molecule has 214 valence electrons. The number of aldehydes is 1. The second-order valence-electron chi connectivity index (χ2n) is 10.6. The number of fused-ring (bicyclic) bond motifs is 1. The predicted molar refractivity (Wildman–Crippen MR) is 168 cm³/mol. The summed E-state index contributed by atoms with van der Waals surface area (Å²) in [5, 5.41) is 3.73. The van der Waals surface area contributed by atoms with Gasteiger partial charge in [-0.2, -0.15) is 0 Å². The molecule has 5 rings (SSSR count). The van der Waals surface area contributed by atoms with Crippen LogP contribution in [-0.4, -0.2) is 65.7 Å². The van der Waals surface area contributed by atoms with Gasteiger partial charge in [-0.05, 0) is 94.3 Å². The third-order valence-corrected chi connectivity index (χ3v) is 8.21. The first kappa shape index (κ1) is 30.2. The van der Waals surface area contributed by atoms with Crippen molar-refractivity contribution >= 4 is 28.7 Å². The van der Waals surface area contributed by atoms with Gasteiger partial charge in [-0.25, -0.2) is 4.98 Å². The lowest BCUT2D eigenvalue weighted by atomic mass is 9.97. The summed E-state index contributed by atoms with van der Waals surface area (Å²) in [5.41, 5.74) is 5.91. The van der Waals surface area contributed by atoms with Crippen LogP contribution < -0.4 is 5.32 Å². The highest BCUT2D eigenvalue weighted by atomic mass is 32.1.